The van der Waals surface area contributed by atoms with Crippen LogP contribution in [0.1, 0.15) is 0 Å². The van der Waals surface area contributed by atoms with E-state index in [9.17, 15) is 10.1 Å². The smallest absolute Gasteiger partial charge is 0.277 e. The minimum absolute atomic E-state index is 0.0211. The Labute approximate surface area is 184 Å². The number of anilines is 2. The summed E-state index contributed by atoms with van der Waals surface area (Å²) in [6, 6.07) is 14.9. The third-order valence-electron chi connectivity index (χ3n) is 6.00. The molecule has 0 spiro atoms. The fourth-order valence-corrected chi connectivity index (χ4v) is 4.14. The second kappa shape index (κ2) is 7.93. The van der Waals surface area contributed by atoms with Gasteiger partial charge in [0.05, 0.1) is 16.7 Å². The lowest BCUT2D eigenvalue weighted by molar-refractivity contribution is -0.384. The summed E-state index contributed by atoms with van der Waals surface area (Å²) in [7, 11) is 2.14. The lowest BCUT2D eigenvalue weighted by Gasteiger charge is -2.34. The second-order valence-corrected chi connectivity index (χ2v) is 7.96. The molecule has 162 valence electrons. The third kappa shape index (κ3) is 3.42. The molecule has 1 saturated heterocycles. The fourth-order valence-electron chi connectivity index (χ4n) is 4.14. The highest BCUT2D eigenvalue weighted by atomic mass is 16.6. The zero-order chi connectivity index (χ0) is 22.2. The maximum Gasteiger partial charge on any atom is 0.277 e. The van der Waals surface area contributed by atoms with Crippen molar-refractivity contribution in [2.45, 2.75) is 0 Å². The highest BCUT2D eigenvalue weighted by Crippen LogP contribution is 2.35. The van der Waals surface area contributed by atoms with Crippen molar-refractivity contribution in [2.75, 3.05) is 43.9 Å². The number of aromatic nitrogens is 3. The number of fused-ring (bicyclic) bond motifs is 1. The molecule has 0 amide bonds. The average Bonchev–Trinajstić information content (AvgIpc) is 3.25. The molecule has 9 nitrogen and oxygen atoms in total. The standard InChI is InChI=1S/C23H23N7O2/c1-27-10-12-28(13-11-27)17-8-6-16(7-9-17)19-15-26-29-22(24)20(14-25-23(19)29)18-4-2-3-5-21(18)30(31)32/h2-9,14-15H,10-13,24H2,1H3. The molecular weight excluding hydrogens is 406 g/mol. The van der Waals surface area contributed by atoms with Gasteiger partial charge in [0.25, 0.3) is 5.69 Å². The Bertz CT molecular complexity index is 1290. The van der Waals surface area contributed by atoms with Crippen LogP contribution >= 0.6 is 0 Å². The summed E-state index contributed by atoms with van der Waals surface area (Å²) < 4.78 is 1.54. The SMILES string of the molecule is CN1CCN(c2ccc(-c3cnn4c(N)c(-c5ccccc5[N+](=O)[O-])cnc34)cc2)CC1. The Kier molecular flexibility index (Phi) is 4.95. The van der Waals surface area contributed by atoms with Gasteiger partial charge in [0.2, 0.25) is 0 Å². The van der Waals surface area contributed by atoms with Crippen molar-refractivity contribution in [1.82, 2.24) is 19.5 Å². The summed E-state index contributed by atoms with van der Waals surface area (Å²) in [5.41, 5.74) is 10.9. The van der Waals surface area contributed by atoms with Crippen LogP contribution in [0.2, 0.25) is 0 Å². The maximum atomic E-state index is 11.4. The number of nitrogen functional groups attached to an aromatic ring is 1. The molecular formula is C23H23N7O2. The number of benzene rings is 2. The number of hydrogen-bond acceptors (Lipinski definition) is 7. The Morgan fingerprint density at radius 2 is 1.66 bits per heavy atom. The van der Waals surface area contributed by atoms with Crippen LogP contribution in [0.15, 0.2) is 60.9 Å². The molecule has 1 aliphatic rings. The Hall–Kier alpha value is -3.98. The topological polar surface area (TPSA) is 106 Å². The first-order chi connectivity index (χ1) is 15.5. The predicted molar refractivity (Wildman–Crippen MR) is 125 cm³/mol. The van der Waals surface area contributed by atoms with Crippen LogP contribution in [-0.2, 0) is 0 Å². The van der Waals surface area contributed by atoms with Crippen molar-refractivity contribution >= 4 is 22.8 Å². The van der Waals surface area contributed by atoms with Crippen molar-refractivity contribution in [2.24, 2.45) is 0 Å². The van der Waals surface area contributed by atoms with Gasteiger partial charge in [0.1, 0.15) is 5.82 Å². The van der Waals surface area contributed by atoms with E-state index in [4.69, 9.17) is 5.73 Å². The number of para-hydroxylation sites is 1. The van der Waals surface area contributed by atoms with Gasteiger partial charge in [-0.05, 0) is 30.8 Å². The first-order valence-electron chi connectivity index (χ1n) is 10.4. The second-order valence-electron chi connectivity index (χ2n) is 7.96. The largest absolute Gasteiger partial charge is 0.383 e. The van der Waals surface area contributed by atoms with Crippen molar-refractivity contribution in [3.05, 3.63) is 71.0 Å². The van der Waals surface area contributed by atoms with E-state index in [1.165, 1.54) is 16.3 Å². The number of hydrogen-bond donors (Lipinski definition) is 1. The van der Waals surface area contributed by atoms with Gasteiger partial charge < -0.3 is 15.5 Å². The molecule has 2 N–H and O–H groups in total. The third-order valence-corrected chi connectivity index (χ3v) is 6.00. The van der Waals surface area contributed by atoms with Gasteiger partial charge >= 0.3 is 0 Å². The number of rotatable bonds is 4. The van der Waals surface area contributed by atoms with E-state index >= 15 is 0 Å². The number of nitro benzene ring substituents is 1. The lowest BCUT2D eigenvalue weighted by Crippen LogP contribution is -2.44. The normalized spacial score (nSPS) is 14.7. The maximum absolute atomic E-state index is 11.4. The van der Waals surface area contributed by atoms with Crippen LogP contribution in [0.4, 0.5) is 17.2 Å². The summed E-state index contributed by atoms with van der Waals surface area (Å²) >= 11 is 0. The van der Waals surface area contributed by atoms with Gasteiger partial charge in [-0.2, -0.15) is 9.61 Å². The Balaban J connectivity index is 1.50. The highest BCUT2D eigenvalue weighted by molar-refractivity contribution is 5.85. The molecule has 1 fully saturated rings. The number of nitro groups is 1. The van der Waals surface area contributed by atoms with Crippen molar-refractivity contribution in [3.63, 3.8) is 0 Å². The molecule has 3 heterocycles. The molecule has 9 heteroatoms. The molecule has 0 aliphatic carbocycles. The molecule has 4 aromatic rings. The van der Waals surface area contributed by atoms with Crippen molar-refractivity contribution in [3.8, 4) is 22.3 Å². The minimum atomic E-state index is -0.421. The van der Waals surface area contributed by atoms with E-state index in [2.05, 4.69) is 51.2 Å². The lowest BCUT2D eigenvalue weighted by atomic mass is 10.1. The van der Waals surface area contributed by atoms with E-state index in [0.29, 0.717) is 22.6 Å². The Morgan fingerprint density at radius 3 is 2.38 bits per heavy atom. The molecule has 0 saturated carbocycles. The van der Waals surface area contributed by atoms with Gasteiger partial charge in [-0.15, -0.1) is 0 Å². The van der Waals surface area contributed by atoms with Gasteiger partial charge in [0.15, 0.2) is 5.65 Å². The van der Waals surface area contributed by atoms with Gasteiger partial charge in [-0.25, -0.2) is 4.98 Å². The number of nitrogens with zero attached hydrogens (tertiary/aromatic N) is 6. The van der Waals surface area contributed by atoms with Gasteiger partial charge in [-0.3, -0.25) is 10.1 Å². The molecule has 2 aromatic carbocycles. The van der Waals surface area contributed by atoms with E-state index in [0.717, 1.165) is 37.3 Å². The fraction of sp³-hybridized carbons (Fsp3) is 0.217. The monoisotopic (exact) mass is 429 g/mol. The molecule has 0 bridgehead atoms. The van der Waals surface area contributed by atoms with Crippen LogP contribution in [-0.4, -0.2) is 57.6 Å². The highest BCUT2D eigenvalue weighted by Gasteiger charge is 2.20. The van der Waals surface area contributed by atoms with Crippen LogP contribution in [0.25, 0.3) is 27.9 Å². The average molecular weight is 429 g/mol. The Morgan fingerprint density at radius 1 is 0.938 bits per heavy atom. The van der Waals surface area contributed by atoms with Crippen LogP contribution in [0.5, 0.6) is 0 Å². The van der Waals surface area contributed by atoms with E-state index in [1.807, 2.05) is 0 Å². The zero-order valence-electron chi connectivity index (χ0n) is 17.7. The molecule has 5 rings (SSSR count). The molecule has 32 heavy (non-hydrogen) atoms. The van der Waals surface area contributed by atoms with Crippen molar-refractivity contribution < 1.29 is 4.92 Å². The number of nitrogens with two attached hydrogens (primary N) is 1. The van der Waals surface area contributed by atoms with Crippen molar-refractivity contribution in [1.29, 1.82) is 0 Å². The van der Waals surface area contributed by atoms with Crippen LogP contribution in [0, 0.1) is 10.1 Å². The zero-order valence-corrected chi connectivity index (χ0v) is 17.7. The minimum Gasteiger partial charge on any atom is -0.383 e. The summed E-state index contributed by atoms with van der Waals surface area (Å²) in [6.45, 7) is 4.14. The van der Waals surface area contributed by atoms with Crippen LogP contribution < -0.4 is 10.6 Å². The number of piperazine rings is 1. The number of likely N-dealkylation sites (N-methyl/N-ethyl adjacent to an activating group) is 1. The molecule has 2 aromatic heterocycles. The van der Waals surface area contributed by atoms with Crippen LogP contribution in [0.3, 0.4) is 0 Å². The van der Waals surface area contributed by atoms with E-state index < -0.39 is 4.92 Å². The van der Waals surface area contributed by atoms with E-state index in [1.54, 1.807) is 30.6 Å². The molecule has 0 unspecified atom stereocenters. The predicted octanol–water partition coefficient (Wildman–Crippen LogP) is 3.31. The molecule has 0 radical (unpaired) electrons. The summed E-state index contributed by atoms with van der Waals surface area (Å²) in [5, 5.41) is 15.9. The first kappa shape index (κ1) is 20.0. The molecule has 1 aliphatic heterocycles. The quantitative estimate of drug-likeness (QED) is 0.392. The first-order valence-corrected chi connectivity index (χ1v) is 10.4. The van der Waals surface area contributed by atoms with Gasteiger partial charge in [0, 0.05) is 55.3 Å². The van der Waals surface area contributed by atoms with Gasteiger partial charge in [-0.1, -0.05) is 24.3 Å². The molecule has 0 atom stereocenters. The summed E-state index contributed by atoms with van der Waals surface area (Å²) in [6.07, 6.45) is 3.31. The summed E-state index contributed by atoms with van der Waals surface area (Å²) in [4.78, 5) is 20.3. The van der Waals surface area contributed by atoms with E-state index in [-0.39, 0.29) is 5.69 Å². The summed E-state index contributed by atoms with van der Waals surface area (Å²) in [5.74, 6) is 0.310.